The van der Waals surface area contributed by atoms with E-state index in [0.29, 0.717) is 16.6 Å². The summed E-state index contributed by atoms with van der Waals surface area (Å²) in [5.41, 5.74) is 2.66. The summed E-state index contributed by atoms with van der Waals surface area (Å²) in [4.78, 5) is 0. The van der Waals surface area contributed by atoms with Gasteiger partial charge in [0.05, 0.1) is 18.1 Å². The van der Waals surface area contributed by atoms with Crippen LogP contribution in [0.5, 0.6) is 0 Å². The molecule has 1 aromatic rings. The van der Waals surface area contributed by atoms with Gasteiger partial charge in [-0.15, -0.1) is 0 Å². The van der Waals surface area contributed by atoms with Crippen molar-refractivity contribution in [2.24, 2.45) is 11.8 Å². The summed E-state index contributed by atoms with van der Waals surface area (Å²) in [6.45, 7) is 18.0. The lowest BCUT2D eigenvalue weighted by molar-refractivity contribution is 0.115. The zero-order valence-corrected chi connectivity index (χ0v) is 17.7. The molecule has 0 heterocycles. The Balaban J connectivity index is 3.41. The molecule has 0 amide bonds. The van der Waals surface area contributed by atoms with Gasteiger partial charge in [-0.25, -0.2) is 0 Å². The second-order valence-electron chi connectivity index (χ2n) is 8.17. The molecule has 0 aliphatic carbocycles. The Morgan fingerprint density at radius 2 is 1.29 bits per heavy atom. The maximum absolute atomic E-state index is 9.83. The highest BCUT2D eigenvalue weighted by Gasteiger charge is 2.48. The fourth-order valence-electron chi connectivity index (χ4n) is 4.19. The van der Waals surface area contributed by atoms with E-state index in [0.717, 1.165) is 5.56 Å². The van der Waals surface area contributed by atoms with Crippen LogP contribution in [-0.2, 0) is 4.43 Å². The van der Waals surface area contributed by atoms with Gasteiger partial charge in [0, 0.05) is 0 Å². The van der Waals surface area contributed by atoms with Gasteiger partial charge in [-0.2, -0.15) is 5.26 Å². The summed E-state index contributed by atoms with van der Waals surface area (Å²) in [6.07, 6.45) is -0.143. The fraction of sp³-hybridized carbons (Fsp3) is 0.667. The molecule has 0 fully saturated rings. The minimum absolute atomic E-state index is 0.129. The van der Waals surface area contributed by atoms with E-state index in [1.54, 1.807) is 0 Å². The summed E-state index contributed by atoms with van der Waals surface area (Å²) in [7, 11) is -2.05. The lowest BCUT2D eigenvalue weighted by atomic mass is 9.88. The van der Waals surface area contributed by atoms with Crippen molar-refractivity contribution in [2.75, 3.05) is 0 Å². The highest BCUT2D eigenvalue weighted by Crippen LogP contribution is 2.47. The molecule has 0 aliphatic rings. The molecule has 0 aromatic heterocycles. The van der Waals surface area contributed by atoms with E-state index in [2.05, 4.69) is 73.6 Å². The number of nitriles is 1. The molecular weight excluding hydrogens is 310 g/mol. The first-order chi connectivity index (χ1) is 11.2. The van der Waals surface area contributed by atoms with E-state index in [1.807, 2.05) is 18.2 Å². The summed E-state index contributed by atoms with van der Waals surface area (Å²) < 4.78 is 7.04. The number of benzene rings is 1. The van der Waals surface area contributed by atoms with E-state index in [4.69, 9.17) is 4.43 Å². The SMILES string of the molecule is CC(C)C(C#N)C(O[Si](C(C)C)(C(C)C)C(C)C)c1ccccc1. The molecule has 3 heteroatoms. The Morgan fingerprint density at radius 1 is 0.833 bits per heavy atom. The first kappa shape index (κ1) is 20.9. The summed E-state index contributed by atoms with van der Waals surface area (Å²) in [6, 6.07) is 12.9. The van der Waals surface area contributed by atoms with Crippen LogP contribution in [0.1, 0.15) is 67.1 Å². The van der Waals surface area contributed by atoms with Crippen LogP contribution in [0.4, 0.5) is 0 Å². The standard InChI is InChI=1S/C21H35NOSi/c1-15(2)20(14-22)21(19-12-10-9-11-13-19)23-24(16(3)4,17(5)6)18(7)8/h9-13,15-18,20-21H,1-8H3. The molecule has 134 valence electrons. The smallest absolute Gasteiger partial charge is 0.201 e. The largest absolute Gasteiger partial charge is 0.408 e. The van der Waals surface area contributed by atoms with Crippen molar-refractivity contribution in [3.8, 4) is 6.07 Å². The van der Waals surface area contributed by atoms with Crippen LogP contribution in [0, 0.1) is 23.2 Å². The summed E-state index contributed by atoms with van der Waals surface area (Å²) in [5, 5.41) is 9.83. The van der Waals surface area contributed by atoms with Crippen LogP contribution < -0.4 is 0 Å². The zero-order chi connectivity index (χ0) is 18.5. The number of hydrogen-bond acceptors (Lipinski definition) is 2. The van der Waals surface area contributed by atoms with Gasteiger partial charge < -0.3 is 4.43 Å². The Morgan fingerprint density at radius 3 is 1.62 bits per heavy atom. The van der Waals surface area contributed by atoms with Gasteiger partial charge in [-0.1, -0.05) is 85.7 Å². The van der Waals surface area contributed by atoms with Gasteiger partial charge >= 0.3 is 0 Å². The van der Waals surface area contributed by atoms with Crippen molar-refractivity contribution in [1.29, 1.82) is 5.26 Å². The summed E-state index contributed by atoms with van der Waals surface area (Å²) in [5.74, 6) is 0.133. The average molecular weight is 346 g/mol. The van der Waals surface area contributed by atoms with Crippen LogP contribution in [0.25, 0.3) is 0 Å². The predicted octanol–water partition coefficient (Wildman–Crippen LogP) is 6.72. The van der Waals surface area contributed by atoms with Crippen molar-refractivity contribution >= 4 is 8.32 Å². The molecule has 1 rings (SSSR count). The maximum Gasteiger partial charge on any atom is 0.201 e. The van der Waals surface area contributed by atoms with Crippen molar-refractivity contribution < 1.29 is 4.43 Å². The third-order valence-electron chi connectivity index (χ3n) is 5.36. The van der Waals surface area contributed by atoms with Gasteiger partial charge in [0.15, 0.2) is 0 Å². The van der Waals surface area contributed by atoms with E-state index in [1.165, 1.54) is 0 Å². The topological polar surface area (TPSA) is 33.0 Å². The zero-order valence-electron chi connectivity index (χ0n) is 16.7. The molecule has 0 aliphatic heterocycles. The fourth-order valence-corrected chi connectivity index (χ4v) is 9.72. The molecule has 0 saturated heterocycles. The number of hydrogen-bond donors (Lipinski definition) is 0. The molecule has 1 aromatic carbocycles. The quantitative estimate of drug-likeness (QED) is 0.490. The lowest BCUT2D eigenvalue weighted by Crippen LogP contribution is -2.49. The van der Waals surface area contributed by atoms with Crippen LogP contribution in [-0.4, -0.2) is 8.32 Å². The molecule has 2 unspecified atom stereocenters. The van der Waals surface area contributed by atoms with Crippen LogP contribution in [0.15, 0.2) is 30.3 Å². The Hall–Kier alpha value is -1.11. The van der Waals surface area contributed by atoms with Crippen molar-refractivity contribution in [2.45, 2.75) is 78.1 Å². The van der Waals surface area contributed by atoms with E-state index >= 15 is 0 Å². The molecule has 2 atom stereocenters. The molecule has 2 nitrogen and oxygen atoms in total. The van der Waals surface area contributed by atoms with E-state index in [-0.39, 0.29) is 17.9 Å². The van der Waals surface area contributed by atoms with Gasteiger partial charge in [-0.3, -0.25) is 0 Å². The Bertz CT molecular complexity index is 509. The van der Waals surface area contributed by atoms with Gasteiger partial charge in [0.2, 0.25) is 8.32 Å². The highest BCUT2D eigenvalue weighted by atomic mass is 28.4. The average Bonchev–Trinajstić information content (AvgIpc) is 2.50. The molecule has 24 heavy (non-hydrogen) atoms. The molecule has 0 radical (unpaired) electrons. The molecule has 0 spiro atoms. The van der Waals surface area contributed by atoms with Crippen LogP contribution in [0.3, 0.4) is 0 Å². The Labute approximate surface area is 150 Å². The monoisotopic (exact) mass is 345 g/mol. The molecule has 0 saturated carbocycles. The highest BCUT2D eigenvalue weighted by molar-refractivity contribution is 6.77. The van der Waals surface area contributed by atoms with Crippen molar-refractivity contribution in [3.63, 3.8) is 0 Å². The van der Waals surface area contributed by atoms with Gasteiger partial charge in [0.1, 0.15) is 0 Å². The maximum atomic E-state index is 9.83. The van der Waals surface area contributed by atoms with Crippen molar-refractivity contribution in [3.05, 3.63) is 35.9 Å². The molecule has 0 N–H and O–H groups in total. The van der Waals surface area contributed by atoms with Crippen LogP contribution >= 0.6 is 0 Å². The normalized spacial score (nSPS) is 15.1. The lowest BCUT2D eigenvalue weighted by Gasteiger charge is -2.46. The van der Waals surface area contributed by atoms with E-state index in [9.17, 15) is 5.26 Å². The second-order valence-corrected chi connectivity index (χ2v) is 13.6. The number of rotatable bonds is 8. The third-order valence-corrected chi connectivity index (χ3v) is 11.4. The van der Waals surface area contributed by atoms with Gasteiger partial charge in [-0.05, 0) is 28.1 Å². The first-order valence-corrected chi connectivity index (χ1v) is 11.4. The van der Waals surface area contributed by atoms with E-state index < -0.39 is 8.32 Å². The third kappa shape index (κ3) is 4.29. The van der Waals surface area contributed by atoms with Crippen molar-refractivity contribution in [1.82, 2.24) is 0 Å². The Kier molecular flexibility index (Phi) is 7.70. The molecule has 0 bridgehead atoms. The minimum atomic E-state index is -2.05. The number of nitrogens with zero attached hydrogens (tertiary/aromatic N) is 1. The second kappa shape index (κ2) is 8.83. The summed E-state index contributed by atoms with van der Waals surface area (Å²) >= 11 is 0. The first-order valence-electron chi connectivity index (χ1n) is 9.30. The minimum Gasteiger partial charge on any atom is -0.408 e. The molecular formula is C21H35NOSi. The van der Waals surface area contributed by atoms with Crippen LogP contribution in [0.2, 0.25) is 16.6 Å². The predicted molar refractivity (Wildman–Crippen MR) is 105 cm³/mol. The van der Waals surface area contributed by atoms with Gasteiger partial charge in [0.25, 0.3) is 0 Å².